The number of carbonyl (C=O) groups is 1. The lowest BCUT2D eigenvalue weighted by molar-refractivity contribution is 0.0601. The molecule has 0 aliphatic rings. The summed E-state index contributed by atoms with van der Waals surface area (Å²) in [5, 5.41) is 17.0. The van der Waals surface area contributed by atoms with Gasteiger partial charge in [-0.2, -0.15) is 4.98 Å². The fourth-order valence-corrected chi connectivity index (χ4v) is 3.54. The van der Waals surface area contributed by atoms with Crippen LogP contribution < -0.4 is 5.56 Å². The van der Waals surface area contributed by atoms with Crippen molar-refractivity contribution in [1.29, 1.82) is 0 Å². The molecule has 3 aromatic heterocycles. The Morgan fingerprint density at radius 2 is 2.04 bits per heavy atom. The van der Waals surface area contributed by atoms with Crippen molar-refractivity contribution in [2.45, 2.75) is 31.8 Å². The van der Waals surface area contributed by atoms with Gasteiger partial charge in [-0.25, -0.2) is 9.89 Å². The number of methoxy groups -OCH3 is 1. The number of ether oxygens (including phenoxy) is 1. The second kappa shape index (κ2) is 8.53. The minimum Gasteiger partial charge on any atom is -0.465 e. The van der Waals surface area contributed by atoms with Crippen LogP contribution in [-0.4, -0.2) is 55.3 Å². The zero-order valence-corrected chi connectivity index (χ0v) is 16.7. The molecule has 0 radical (unpaired) electrons. The monoisotopic (exact) mass is 403 g/mol. The van der Waals surface area contributed by atoms with Crippen LogP contribution in [0.25, 0.3) is 16.7 Å². The van der Waals surface area contributed by atoms with Gasteiger partial charge in [0, 0.05) is 17.3 Å². The molecule has 9 nitrogen and oxygen atoms in total. The third kappa shape index (κ3) is 3.52. The van der Waals surface area contributed by atoms with Crippen LogP contribution in [0, 0.1) is 0 Å². The number of aromatic amines is 1. The lowest BCUT2D eigenvalue weighted by Crippen LogP contribution is -2.22. The van der Waals surface area contributed by atoms with Gasteiger partial charge >= 0.3 is 5.97 Å². The summed E-state index contributed by atoms with van der Waals surface area (Å²) in [5.74, 6) is 0.195. The van der Waals surface area contributed by atoms with Gasteiger partial charge < -0.3 is 9.84 Å². The van der Waals surface area contributed by atoms with E-state index in [-0.39, 0.29) is 18.1 Å². The SMILES string of the molecule is CCc1nc(CC)c2c(=O)n(-c3nc(SCCO)n[nH]3)ccc2c1C(=O)OC. The highest BCUT2D eigenvalue weighted by molar-refractivity contribution is 7.99. The van der Waals surface area contributed by atoms with Gasteiger partial charge in [0.2, 0.25) is 11.1 Å². The number of esters is 1. The van der Waals surface area contributed by atoms with E-state index in [1.54, 1.807) is 12.3 Å². The van der Waals surface area contributed by atoms with Crippen molar-refractivity contribution in [3.05, 3.63) is 39.6 Å². The number of aliphatic hydroxyl groups excluding tert-OH is 1. The molecule has 0 atom stereocenters. The number of rotatable bonds is 7. The molecule has 3 heterocycles. The normalized spacial score (nSPS) is 11.1. The molecule has 10 heteroatoms. The molecule has 0 fully saturated rings. The third-order valence-electron chi connectivity index (χ3n) is 4.27. The molecule has 0 bridgehead atoms. The maximum absolute atomic E-state index is 13.2. The summed E-state index contributed by atoms with van der Waals surface area (Å²) in [7, 11) is 1.31. The van der Waals surface area contributed by atoms with Gasteiger partial charge in [-0.05, 0) is 18.9 Å². The maximum atomic E-state index is 13.2. The van der Waals surface area contributed by atoms with Gasteiger partial charge in [0.1, 0.15) is 0 Å². The highest BCUT2D eigenvalue weighted by Crippen LogP contribution is 2.24. The average molecular weight is 403 g/mol. The Kier molecular flexibility index (Phi) is 6.10. The van der Waals surface area contributed by atoms with E-state index in [0.717, 1.165) is 0 Å². The van der Waals surface area contributed by atoms with Crippen LogP contribution >= 0.6 is 11.8 Å². The molecule has 148 valence electrons. The molecule has 3 rings (SSSR count). The number of hydrogen-bond donors (Lipinski definition) is 2. The molecule has 0 saturated carbocycles. The predicted molar refractivity (Wildman–Crippen MR) is 105 cm³/mol. The van der Waals surface area contributed by atoms with Gasteiger partial charge in [-0.1, -0.05) is 25.6 Å². The number of nitrogens with zero attached hydrogens (tertiary/aromatic N) is 4. The first-order chi connectivity index (χ1) is 13.5. The van der Waals surface area contributed by atoms with Crippen LogP contribution in [0.3, 0.4) is 0 Å². The fourth-order valence-electron chi connectivity index (χ4n) is 3.01. The number of thioether (sulfide) groups is 1. The van der Waals surface area contributed by atoms with E-state index in [1.165, 1.54) is 23.4 Å². The molecule has 0 spiro atoms. The van der Waals surface area contributed by atoms with Crippen molar-refractivity contribution in [3.63, 3.8) is 0 Å². The van der Waals surface area contributed by atoms with Crippen LogP contribution in [0.15, 0.2) is 22.2 Å². The predicted octanol–water partition coefficient (Wildman–Crippen LogP) is 1.50. The Balaban J connectivity index is 2.24. The zero-order chi connectivity index (χ0) is 20.3. The van der Waals surface area contributed by atoms with E-state index < -0.39 is 5.97 Å². The summed E-state index contributed by atoms with van der Waals surface area (Å²) < 4.78 is 6.26. The minimum atomic E-state index is -0.517. The minimum absolute atomic E-state index is 0.00601. The topological polar surface area (TPSA) is 123 Å². The Labute approximate surface area is 165 Å². The lowest BCUT2D eigenvalue weighted by Gasteiger charge is -2.13. The zero-order valence-electron chi connectivity index (χ0n) is 15.9. The van der Waals surface area contributed by atoms with E-state index >= 15 is 0 Å². The van der Waals surface area contributed by atoms with Crippen LogP contribution in [-0.2, 0) is 17.6 Å². The maximum Gasteiger partial charge on any atom is 0.340 e. The highest BCUT2D eigenvalue weighted by Gasteiger charge is 2.22. The number of aromatic nitrogens is 5. The Morgan fingerprint density at radius 1 is 1.29 bits per heavy atom. The fraction of sp³-hybridized carbons (Fsp3) is 0.389. The van der Waals surface area contributed by atoms with Crippen molar-refractivity contribution >= 4 is 28.5 Å². The van der Waals surface area contributed by atoms with Crippen molar-refractivity contribution in [3.8, 4) is 5.95 Å². The van der Waals surface area contributed by atoms with E-state index in [9.17, 15) is 9.59 Å². The largest absolute Gasteiger partial charge is 0.465 e. The molecule has 3 aromatic rings. The van der Waals surface area contributed by atoms with Gasteiger partial charge in [0.15, 0.2) is 0 Å². The molecule has 0 aliphatic heterocycles. The number of pyridine rings is 2. The van der Waals surface area contributed by atoms with E-state index in [1.807, 2.05) is 13.8 Å². The Bertz CT molecular complexity index is 1080. The smallest absolute Gasteiger partial charge is 0.340 e. The van der Waals surface area contributed by atoms with Gasteiger partial charge in [-0.3, -0.25) is 14.3 Å². The summed E-state index contributed by atoms with van der Waals surface area (Å²) >= 11 is 1.27. The van der Waals surface area contributed by atoms with Crippen LogP contribution in [0.5, 0.6) is 0 Å². The summed E-state index contributed by atoms with van der Waals surface area (Å²) in [6.45, 7) is 3.82. The van der Waals surface area contributed by atoms with E-state index in [4.69, 9.17) is 9.84 Å². The lowest BCUT2D eigenvalue weighted by atomic mass is 10.0. The number of aliphatic hydroxyl groups is 1. The van der Waals surface area contributed by atoms with E-state index in [2.05, 4.69) is 20.2 Å². The van der Waals surface area contributed by atoms with Gasteiger partial charge in [-0.15, -0.1) is 5.10 Å². The summed E-state index contributed by atoms with van der Waals surface area (Å²) in [6.07, 6.45) is 2.64. The van der Waals surface area contributed by atoms with Crippen molar-refractivity contribution < 1.29 is 14.6 Å². The molecule has 0 amide bonds. The summed E-state index contributed by atoms with van der Waals surface area (Å²) in [5.41, 5.74) is 1.20. The molecule has 0 saturated heterocycles. The number of hydrogen-bond acceptors (Lipinski definition) is 8. The number of H-pyrrole nitrogens is 1. The number of nitrogens with one attached hydrogen (secondary N) is 1. The third-order valence-corrected chi connectivity index (χ3v) is 5.10. The first-order valence-electron chi connectivity index (χ1n) is 8.87. The van der Waals surface area contributed by atoms with Crippen molar-refractivity contribution in [2.24, 2.45) is 0 Å². The van der Waals surface area contributed by atoms with Crippen molar-refractivity contribution in [1.82, 2.24) is 24.7 Å². The average Bonchev–Trinajstić information content (AvgIpc) is 3.19. The second-order valence-corrected chi connectivity index (χ2v) is 6.93. The van der Waals surface area contributed by atoms with Gasteiger partial charge in [0.25, 0.3) is 5.56 Å². The van der Waals surface area contributed by atoms with Gasteiger partial charge in [0.05, 0.1) is 36.1 Å². The molecule has 0 unspecified atom stereocenters. The first-order valence-corrected chi connectivity index (χ1v) is 9.86. The number of carbonyl (C=O) groups excluding carboxylic acids is 1. The molecular weight excluding hydrogens is 382 g/mol. The Hall–Kier alpha value is -2.72. The van der Waals surface area contributed by atoms with Crippen LogP contribution in [0.1, 0.15) is 35.6 Å². The summed E-state index contributed by atoms with van der Waals surface area (Å²) in [6, 6.07) is 1.70. The molecule has 0 aromatic carbocycles. The quantitative estimate of drug-likeness (QED) is 0.449. The second-order valence-electron chi connectivity index (χ2n) is 5.87. The van der Waals surface area contributed by atoms with E-state index in [0.29, 0.717) is 51.5 Å². The summed E-state index contributed by atoms with van der Waals surface area (Å²) in [4.78, 5) is 34.4. The van der Waals surface area contributed by atoms with Crippen molar-refractivity contribution in [2.75, 3.05) is 19.5 Å². The molecule has 0 aliphatic carbocycles. The molecule has 28 heavy (non-hydrogen) atoms. The standard InChI is InChI=1S/C18H21N5O4S/c1-4-11-13-10(14(16(26)27-3)12(5-2)19-11)6-7-23(15(13)25)17-20-18(22-21-17)28-9-8-24/h6-7,24H,4-5,8-9H2,1-3H3,(H,20,21,22). The molecular formula is C18H21N5O4S. The Morgan fingerprint density at radius 3 is 2.68 bits per heavy atom. The first kappa shape index (κ1) is 20.0. The molecule has 2 N–H and O–H groups in total. The van der Waals surface area contributed by atoms with Crippen LogP contribution in [0.2, 0.25) is 0 Å². The van der Waals surface area contributed by atoms with Crippen LogP contribution in [0.4, 0.5) is 0 Å². The highest BCUT2D eigenvalue weighted by atomic mass is 32.2. The number of fused-ring (bicyclic) bond motifs is 1. The number of aryl methyl sites for hydroxylation is 2.